The lowest BCUT2D eigenvalue weighted by Crippen LogP contribution is -2.51. The van der Waals surface area contributed by atoms with E-state index >= 15 is 0 Å². The van der Waals surface area contributed by atoms with Crippen molar-refractivity contribution in [2.24, 2.45) is 0 Å². The van der Waals surface area contributed by atoms with Gasteiger partial charge < -0.3 is 15.2 Å². The molecule has 3 atom stereocenters. The SMILES string of the molecule is O=C(N[C@H]1CC[C@@H](CCn2cc(C3CCCC3)nn2)O[C@@H]1CO)c1cccnc1. The summed E-state index contributed by atoms with van der Waals surface area (Å²) in [5.74, 6) is 0.378. The summed E-state index contributed by atoms with van der Waals surface area (Å²) in [4.78, 5) is 16.3. The highest BCUT2D eigenvalue weighted by atomic mass is 16.5. The number of aliphatic hydroxyl groups is 1. The molecule has 0 unspecified atom stereocenters. The predicted molar refractivity (Wildman–Crippen MR) is 106 cm³/mol. The fourth-order valence-electron chi connectivity index (χ4n) is 4.37. The van der Waals surface area contributed by atoms with Gasteiger partial charge in [0.1, 0.15) is 6.10 Å². The van der Waals surface area contributed by atoms with Crippen molar-refractivity contribution >= 4 is 5.91 Å². The van der Waals surface area contributed by atoms with Gasteiger partial charge in [0.2, 0.25) is 0 Å². The molecule has 2 fully saturated rings. The number of nitrogens with zero attached hydrogens (tertiary/aromatic N) is 4. The number of aromatic nitrogens is 4. The van der Waals surface area contributed by atoms with E-state index in [4.69, 9.17) is 4.74 Å². The summed E-state index contributed by atoms with van der Waals surface area (Å²) in [6, 6.07) is 3.25. The number of amides is 1. The van der Waals surface area contributed by atoms with Crippen LogP contribution in [-0.4, -0.2) is 55.8 Å². The van der Waals surface area contributed by atoms with Crippen LogP contribution < -0.4 is 5.32 Å². The van der Waals surface area contributed by atoms with E-state index in [2.05, 4.69) is 26.8 Å². The quantitative estimate of drug-likeness (QED) is 0.739. The maximum absolute atomic E-state index is 12.4. The maximum atomic E-state index is 12.4. The molecule has 1 saturated heterocycles. The number of carbonyl (C=O) groups excluding carboxylic acids is 1. The van der Waals surface area contributed by atoms with Gasteiger partial charge in [0, 0.05) is 31.1 Å². The van der Waals surface area contributed by atoms with Crippen molar-refractivity contribution in [3.8, 4) is 0 Å². The largest absolute Gasteiger partial charge is 0.394 e. The molecule has 156 valence electrons. The molecule has 0 aromatic carbocycles. The van der Waals surface area contributed by atoms with Crippen LogP contribution in [-0.2, 0) is 11.3 Å². The molecule has 0 bridgehead atoms. The van der Waals surface area contributed by atoms with Gasteiger partial charge in [-0.1, -0.05) is 18.1 Å². The van der Waals surface area contributed by atoms with Gasteiger partial charge in [0.05, 0.1) is 30.0 Å². The third-order valence-electron chi connectivity index (χ3n) is 6.05. The summed E-state index contributed by atoms with van der Waals surface area (Å²) in [6.07, 6.45) is 12.3. The van der Waals surface area contributed by atoms with Crippen LogP contribution in [0.15, 0.2) is 30.7 Å². The zero-order valence-electron chi connectivity index (χ0n) is 16.6. The van der Waals surface area contributed by atoms with E-state index in [1.54, 1.807) is 18.3 Å². The lowest BCUT2D eigenvalue weighted by Gasteiger charge is -2.36. The van der Waals surface area contributed by atoms with Gasteiger partial charge in [0.15, 0.2) is 0 Å². The van der Waals surface area contributed by atoms with Gasteiger partial charge in [-0.25, -0.2) is 0 Å². The summed E-state index contributed by atoms with van der Waals surface area (Å²) in [6.45, 7) is 0.624. The monoisotopic (exact) mass is 399 g/mol. The molecule has 8 heteroatoms. The van der Waals surface area contributed by atoms with E-state index in [0.29, 0.717) is 11.5 Å². The zero-order valence-corrected chi connectivity index (χ0v) is 16.6. The van der Waals surface area contributed by atoms with Crippen LogP contribution in [0.3, 0.4) is 0 Å². The van der Waals surface area contributed by atoms with Gasteiger partial charge >= 0.3 is 0 Å². The molecule has 1 saturated carbocycles. The summed E-state index contributed by atoms with van der Waals surface area (Å²) in [5, 5.41) is 21.3. The first kappa shape index (κ1) is 20.0. The Morgan fingerprint density at radius 1 is 1.28 bits per heavy atom. The first-order valence-electron chi connectivity index (χ1n) is 10.6. The fourth-order valence-corrected chi connectivity index (χ4v) is 4.37. The first-order chi connectivity index (χ1) is 14.2. The van der Waals surface area contributed by atoms with E-state index in [9.17, 15) is 9.90 Å². The van der Waals surface area contributed by atoms with Crippen LogP contribution in [0.2, 0.25) is 0 Å². The van der Waals surface area contributed by atoms with Crippen molar-refractivity contribution in [2.45, 2.75) is 75.7 Å². The Labute approximate surface area is 170 Å². The molecule has 0 spiro atoms. The molecule has 4 rings (SSSR count). The van der Waals surface area contributed by atoms with Crippen molar-refractivity contribution in [3.63, 3.8) is 0 Å². The second-order valence-electron chi connectivity index (χ2n) is 8.05. The van der Waals surface area contributed by atoms with Crippen LogP contribution in [0.4, 0.5) is 0 Å². The van der Waals surface area contributed by atoms with Crippen molar-refractivity contribution in [3.05, 3.63) is 42.0 Å². The molecule has 1 amide bonds. The number of aliphatic hydroxyl groups excluding tert-OH is 1. The summed E-state index contributed by atoms with van der Waals surface area (Å²) >= 11 is 0. The minimum atomic E-state index is -0.404. The number of hydrogen-bond donors (Lipinski definition) is 2. The number of carbonyl (C=O) groups is 1. The van der Waals surface area contributed by atoms with Gasteiger partial charge in [-0.15, -0.1) is 5.10 Å². The molecule has 8 nitrogen and oxygen atoms in total. The highest BCUT2D eigenvalue weighted by Gasteiger charge is 2.32. The molecule has 2 aliphatic rings. The van der Waals surface area contributed by atoms with E-state index < -0.39 is 6.10 Å². The van der Waals surface area contributed by atoms with E-state index in [-0.39, 0.29) is 24.7 Å². The summed E-state index contributed by atoms with van der Waals surface area (Å²) in [5.41, 5.74) is 1.62. The van der Waals surface area contributed by atoms with E-state index in [1.165, 1.54) is 31.9 Å². The number of nitrogens with one attached hydrogen (secondary N) is 1. The Bertz CT molecular complexity index is 791. The Kier molecular flexibility index (Phi) is 6.51. The average Bonchev–Trinajstić information content (AvgIpc) is 3.45. The standard InChI is InChI=1S/C21H29N5O3/c27-14-20-18(23-21(28)16-6-3-10-22-12-16)8-7-17(29-20)9-11-26-13-19(24-25-26)15-4-1-2-5-15/h3,6,10,12-13,15,17-18,20,27H,1-2,4-5,7-9,11,14H2,(H,23,28)/t17-,18-,20+/m0/s1. The average molecular weight is 399 g/mol. The number of pyridine rings is 1. The van der Waals surface area contributed by atoms with Crippen LogP contribution in [0.5, 0.6) is 0 Å². The minimum Gasteiger partial charge on any atom is -0.394 e. The number of aryl methyl sites for hydroxylation is 1. The number of rotatable bonds is 7. The smallest absolute Gasteiger partial charge is 0.253 e. The number of hydrogen-bond acceptors (Lipinski definition) is 6. The molecule has 2 N–H and O–H groups in total. The zero-order chi connectivity index (χ0) is 20.1. The van der Waals surface area contributed by atoms with Crippen molar-refractivity contribution in [1.29, 1.82) is 0 Å². The van der Waals surface area contributed by atoms with E-state index in [0.717, 1.165) is 31.5 Å². The minimum absolute atomic E-state index is 0.0397. The van der Waals surface area contributed by atoms with Crippen molar-refractivity contribution in [1.82, 2.24) is 25.3 Å². The number of ether oxygens (including phenoxy) is 1. The van der Waals surface area contributed by atoms with Crippen LogP contribution in [0.1, 0.15) is 66.9 Å². The Morgan fingerprint density at radius 3 is 2.90 bits per heavy atom. The van der Waals surface area contributed by atoms with Crippen LogP contribution >= 0.6 is 0 Å². The third kappa shape index (κ3) is 5.00. The molecule has 1 aliphatic heterocycles. The van der Waals surface area contributed by atoms with Gasteiger partial charge in [-0.3, -0.25) is 14.5 Å². The second-order valence-corrected chi connectivity index (χ2v) is 8.05. The highest BCUT2D eigenvalue weighted by molar-refractivity contribution is 5.94. The lowest BCUT2D eigenvalue weighted by molar-refractivity contribution is -0.0912. The van der Waals surface area contributed by atoms with Gasteiger partial charge in [-0.2, -0.15) is 0 Å². The van der Waals surface area contributed by atoms with Gasteiger partial charge in [-0.05, 0) is 44.2 Å². The second kappa shape index (κ2) is 9.45. The molecule has 1 aliphatic carbocycles. The molecule has 29 heavy (non-hydrogen) atoms. The van der Waals surface area contributed by atoms with Crippen LogP contribution in [0, 0.1) is 0 Å². The van der Waals surface area contributed by atoms with Crippen molar-refractivity contribution < 1.29 is 14.6 Å². The lowest BCUT2D eigenvalue weighted by atomic mass is 9.97. The summed E-state index contributed by atoms with van der Waals surface area (Å²) < 4.78 is 7.98. The Morgan fingerprint density at radius 2 is 2.14 bits per heavy atom. The Balaban J connectivity index is 1.26. The topological polar surface area (TPSA) is 102 Å². The molecular formula is C21H29N5O3. The summed E-state index contributed by atoms with van der Waals surface area (Å²) in [7, 11) is 0. The normalized spacial score (nSPS) is 25.2. The molecule has 0 radical (unpaired) electrons. The first-order valence-corrected chi connectivity index (χ1v) is 10.6. The molecule has 3 heterocycles. The van der Waals surface area contributed by atoms with Crippen molar-refractivity contribution in [2.75, 3.05) is 6.61 Å². The molecular weight excluding hydrogens is 370 g/mol. The third-order valence-corrected chi connectivity index (χ3v) is 6.05. The Hall–Kier alpha value is -2.32. The van der Waals surface area contributed by atoms with Gasteiger partial charge in [0.25, 0.3) is 5.91 Å². The molecule has 2 aromatic rings. The highest BCUT2D eigenvalue weighted by Crippen LogP contribution is 2.32. The molecule has 2 aromatic heterocycles. The van der Waals surface area contributed by atoms with E-state index in [1.807, 2.05) is 4.68 Å². The van der Waals surface area contributed by atoms with Crippen LogP contribution in [0.25, 0.3) is 0 Å². The predicted octanol–water partition coefficient (Wildman–Crippen LogP) is 2.06. The maximum Gasteiger partial charge on any atom is 0.253 e. The fraction of sp³-hybridized carbons (Fsp3) is 0.619.